The average molecular weight is 520 g/mol. The molecule has 0 bridgehead atoms. The van der Waals surface area contributed by atoms with Crippen molar-refractivity contribution in [2.75, 3.05) is 31.6 Å². The summed E-state index contributed by atoms with van der Waals surface area (Å²) in [6.45, 7) is 3.96. The molecular formula is C29H33N3O4S. The number of nitrogens with zero attached hydrogens (tertiary/aromatic N) is 1. The monoisotopic (exact) mass is 519 g/mol. The van der Waals surface area contributed by atoms with E-state index in [4.69, 9.17) is 4.74 Å². The lowest BCUT2D eigenvalue weighted by molar-refractivity contribution is 0.0526. The molecule has 0 atom stereocenters. The van der Waals surface area contributed by atoms with Crippen molar-refractivity contribution in [1.29, 1.82) is 0 Å². The summed E-state index contributed by atoms with van der Waals surface area (Å²) in [7, 11) is 0. The van der Waals surface area contributed by atoms with Crippen LogP contribution in [0, 0.1) is 5.92 Å². The van der Waals surface area contributed by atoms with Gasteiger partial charge in [-0.25, -0.2) is 9.59 Å². The number of benzene rings is 2. The molecule has 2 heterocycles. The highest BCUT2D eigenvalue weighted by molar-refractivity contribution is 7.17. The van der Waals surface area contributed by atoms with E-state index in [0.29, 0.717) is 48.3 Å². The number of carbonyl (C=O) groups excluding carboxylic acids is 3. The third-order valence-electron chi connectivity index (χ3n) is 7.33. The molecule has 0 unspecified atom stereocenters. The van der Waals surface area contributed by atoms with Crippen molar-refractivity contribution < 1.29 is 19.1 Å². The van der Waals surface area contributed by atoms with Crippen LogP contribution in [-0.2, 0) is 17.6 Å². The SMILES string of the molecule is CCOC(=O)c1c(NC(=O)NCC2CCN(C(=O)c3ccc4ccccc4c3)CC2)sc2c1CCCC2. The number of fused-ring (bicyclic) bond motifs is 2. The van der Waals surface area contributed by atoms with E-state index in [1.165, 1.54) is 16.2 Å². The van der Waals surface area contributed by atoms with Gasteiger partial charge in [0.15, 0.2) is 0 Å². The Hall–Kier alpha value is -3.39. The maximum Gasteiger partial charge on any atom is 0.341 e. The number of aryl methyl sites for hydroxylation is 1. The number of ether oxygens (including phenoxy) is 1. The van der Waals surface area contributed by atoms with Crippen LogP contribution in [0.1, 0.15) is 63.8 Å². The molecule has 1 fully saturated rings. The Labute approximate surface area is 221 Å². The van der Waals surface area contributed by atoms with Gasteiger partial charge in [0.05, 0.1) is 12.2 Å². The lowest BCUT2D eigenvalue weighted by Gasteiger charge is -2.32. The van der Waals surface area contributed by atoms with Gasteiger partial charge < -0.3 is 15.0 Å². The Balaban J connectivity index is 1.14. The van der Waals surface area contributed by atoms with Crippen LogP contribution in [0.3, 0.4) is 0 Å². The summed E-state index contributed by atoms with van der Waals surface area (Å²) in [4.78, 5) is 41.5. The van der Waals surface area contributed by atoms with Crippen molar-refractivity contribution >= 4 is 45.0 Å². The molecule has 2 aliphatic rings. The van der Waals surface area contributed by atoms with Gasteiger partial charge in [-0.1, -0.05) is 30.3 Å². The normalized spacial score (nSPS) is 15.8. The number of carbonyl (C=O) groups is 3. The van der Waals surface area contributed by atoms with Crippen molar-refractivity contribution in [3.05, 3.63) is 64.0 Å². The zero-order chi connectivity index (χ0) is 25.8. The summed E-state index contributed by atoms with van der Waals surface area (Å²) in [6.07, 6.45) is 5.60. The van der Waals surface area contributed by atoms with Crippen LogP contribution in [-0.4, -0.2) is 49.0 Å². The fourth-order valence-electron chi connectivity index (χ4n) is 5.30. The number of amides is 3. The predicted molar refractivity (Wildman–Crippen MR) is 147 cm³/mol. The summed E-state index contributed by atoms with van der Waals surface area (Å²) in [5, 5.41) is 8.66. The second kappa shape index (κ2) is 11.3. The van der Waals surface area contributed by atoms with Gasteiger partial charge in [0.2, 0.25) is 0 Å². The minimum absolute atomic E-state index is 0.0584. The minimum atomic E-state index is -0.361. The maximum atomic E-state index is 13.0. The van der Waals surface area contributed by atoms with Crippen LogP contribution < -0.4 is 10.6 Å². The second-order valence-electron chi connectivity index (χ2n) is 9.77. The van der Waals surface area contributed by atoms with Gasteiger partial charge in [0.1, 0.15) is 5.00 Å². The Kier molecular flexibility index (Phi) is 7.74. The molecule has 1 aliphatic heterocycles. The summed E-state index contributed by atoms with van der Waals surface area (Å²) < 4.78 is 5.28. The number of anilines is 1. The molecule has 194 valence electrons. The van der Waals surface area contributed by atoms with Crippen molar-refractivity contribution in [3.8, 4) is 0 Å². The number of thiophene rings is 1. The van der Waals surface area contributed by atoms with E-state index in [1.807, 2.05) is 47.4 Å². The van der Waals surface area contributed by atoms with Crippen molar-refractivity contribution in [3.63, 3.8) is 0 Å². The highest BCUT2D eigenvalue weighted by atomic mass is 32.1. The maximum absolute atomic E-state index is 13.0. The van der Waals surface area contributed by atoms with Crippen LogP contribution in [0.25, 0.3) is 10.8 Å². The number of urea groups is 1. The Morgan fingerprint density at radius 3 is 2.57 bits per heavy atom. The molecule has 1 aliphatic carbocycles. The molecule has 5 rings (SSSR count). The molecule has 2 N–H and O–H groups in total. The molecule has 2 aromatic carbocycles. The molecule has 37 heavy (non-hydrogen) atoms. The molecule has 3 aromatic rings. The number of piperidine rings is 1. The van der Waals surface area contributed by atoms with E-state index in [0.717, 1.165) is 54.9 Å². The molecule has 0 spiro atoms. The molecule has 1 aromatic heterocycles. The van der Waals surface area contributed by atoms with Crippen LogP contribution in [0.5, 0.6) is 0 Å². The molecular weight excluding hydrogens is 486 g/mol. The van der Waals surface area contributed by atoms with E-state index in [2.05, 4.69) is 10.6 Å². The van der Waals surface area contributed by atoms with E-state index in [1.54, 1.807) is 6.92 Å². The van der Waals surface area contributed by atoms with Gasteiger partial charge in [-0.3, -0.25) is 10.1 Å². The van der Waals surface area contributed by atoms with Crippen LogP contribution in [0.4, 0.5) is 9.80 Å². The number of rotatable bonds is 6. The third-order valence-corrected chi connectivity index (χ3v) is 8.53. The molecule has 8 heteroatoms. The minimum Gasteiger partial charge on any atom is -0.462 e. The van der Waals surface area contributed by atoms with Gasteiger partial charge in [0, 0.05) is 30.1 Å². The highest BCUT2D eigenvalue weighted by Gasteiger charge is 2.28. The quantitative estimate of drug-likeness (QED) is 0.413. The first-order valence-corrected chi connectivity index (χ1v) is 14.0. The first-order chi connectivity index (χ1) is 18.0. The molecule has 0 radical (unpaired) electrons. The summed E-state index contributed by atoms with van der Waals surface area (Å²) in [5.41, 5.74) is 2.27. The zero-order valence-electron chi connectivity index (χ0n) is 21.2. The summed E-state index contributed by atoms with van der Waals surface area (Å²) in [6, 6.07) is 13.6. The first kappa shape index (κ1) is 25.3. The lowest BCUT2D eigenvalue weighted by atomic mass is 9.95. The lowest BCUT2D eigenvalue weighted by Crippen LogP contribution is -2.42. The van der Waals surface area contributed by atoms with Gasteiger partial charge in [-0.15, -0.1) is 11.3 Å². The van der Waals surface area contributed by atoms with Gasteiger partial charge in [-0.05, 0) is 79.8 Å². The number of esters is 1. The molecule has 3 amide bonds. The van der Waals surface area contributed by atoms with Crippen molar-refractivity contribution in [2.45, 2.75) is 45.4 Å². The summed E-state index contributed by atoms with van der Waals surface area (Å²) in [5.74, 6) is -0.00353. The number of hydrogen-bond donors (Lipinski definition) is 2. The fourth-order valence-corrected chi connectivity index (χ4v) is 6.58. The van der Waals surface area contributed by atoms with Crippen LogP contribution in [0.2, 0.25) is 0 Å². The number of likely N-dealkylation sites (tertiary alicyclic amines) is 1. The summed E-state index contributed by atoms with van der Waals surface area (Å²) >= 11 is 1.49. The molecule has 0 saturated carbocycles. The Morgan fingerprint density at radius 2 is 1.78 bits per heavy atom. The number of nitrogens with one attached hydrogen (secondary N) is 2. The van der Waals surface area contributed by atoms with E-state index in [-0.39, 0.29) is 17.9 Å². The highest BCUT2D eigenvalue weighted by Crippen LogP contribution is 2.38. The Morgan fingerprint density at radius 1 is 1.03 bits per heavy atom. The molecule has 1 saturated heterocycles. The van der Waals surface area contributed by atoms with Crippen LogP contribution in [0.15, 0.2) is 42.5 Å². The van der Waals surface area contributed by atoms with Crippen molar-refractivity contribution in [2.24, 2.45) is 5.92 Å². The largest absolute Gasteiger partial charge is 0.462 e. The first-order valence-electron chi connectivity index (χ1n) is 13.2. The van der Waals surface area contributed by atoms with E-state index in [9.17, 15) is 14.4 Å². The smallest absolute Gasteiger partial charge is 0.341 e. The second-order valence-corrected chi connectivity index (χ2v) is 10.9. The molecule has 7 nitrogen and oxygen atoms in total. The van der Waals surface area contributed by atoms with Crippen LogP contribution >= 0.6 is 11.3 Å². The fraction of sp³-hybridized carbons (Fsp3) is 0.414. The van der Waals surface area contributed by atoms with E-state index < -0.39 is 0 Å². The van der Waals surface area contributed by atoms with Gasteiger partial charge >= 0.3 is 12.0 Å². The number of hydrogen-bond acceptors (Lipinski definition) is 5. The van der Waals surface area contributed by atoms with E-state index >= 15 is 0 Å². The Bertz CT molecular complexity index is 1310. The average Bonchev–Trinajstić information content (AvgIpc) is 3.29. The third kappa shape index (κ3) is 5.64. The predicted octanol–water partition coefficient (Wildman–Crippen LogP) is 5.63. The standard InChI is InChI=1S/C29H33N3O4S/c1-2-36-28(34)25-23-9-5-6-10-24(23)37-26(25)31-29(35)30-18-19-13-15-32(16-14-19)27(33)22-12-11-20-7-3-4-8-21(20)17-22/h3-4,7-8,11-12,17,19H,2,5-6,9-10,13-16,18H2,1H3,(H2,30,31,35). The van der Waals surface area contributed by atoms with Crippen molar-refractivity contribution in [1.82, 2.24) is 10.2 Å². The van der Waals surface area contributed by atoms with Gasteiger partial charge in [0.25, 0.3) is 5.91 Å². The topological polar surface area (TPSA) is 87.7 Å². The zero-order valence-corrected chi connectivity index (χ0v) is 22.0. The van der Waals surface area contributed by atoms with Gasteiger partial charge in [-0.2, -0.15) is 0 Å².